The largest absolute Gasteiger partial charge is 0.300 e. The summed E-state index contributed by atoms with van der Waals surface area (Å²) in [7, 11) is 0. The van der Waals surface area contributed by atoms with Crippen molar-refractivity contribution in [3.63, 3.8) is 0 Å². The number of nitrogens with one attached hydrogen (secondary N) is 1. The Morgan fingerprint density at radius 2 is 2.14 bits per heavy atom. The molecule has 2 heterocycles. The standard InChI is InChI=1S/C15H9Cl2N3OS/c16-10-3-4-12(11(17)7-10)19-15-20-14(21)13(22-15)6-9-2-1-5-18-8-9/h1-8H,(H,19,20,21)/b13-6-. The van der Waals surface area contributed by atoms with E-state index in [4.69, 9.17) is 23.2 Å². The van der Waals surface area contributed by atoms with Gasteiger partial charge in [-0.3, -0.25) is 9.78 Å². The molecule has 1 aliphatic heterocycles. The lowest BCUT2D eigenvalue weighted by Crippen LogP contribution is -2.19. The summed E-state index contributed by atoms with van der Waals surface area (Å²) in [6, 6.07) is 8.69. The van der Waals surface area contributed by atoms with Gasteiger partial charge in [0.25, 0.3) is 5.91 Å². The minimum Gasteiger partial charge on any atom is -0.300 e. The Morgan fingerprint density at radius 3 is 2.86 bits per heavy atom. The van der Waals surface area contributed by atoms with Gasteiger partial charge < -0.3 is 5.32 Å². The number of amides is 1. The van der Waals surface area contributed by atoms with E-state index in [1.165, 1.54) is 11.8 Å². The highest BCUT2D eigenvalue weighted by Gasteiger charge is 2.24. The Hall–Kier alpha value is -1.82. The molecule has 0 unspecified atom stereocenters. The molecule has 1 fully saturated rings. The topological polar surface area (TPSA) is 54.4 Å². The minimum atomic E-state index is -0.197. The van der Waals surface area contributed by atoms with Crippen molar-refractivity contribution in [1.82, 2.24) is 10.3 Å². The second-order valence-corrected chi connectivity index (χ2v) is 6.24. The number of hydrogen-bond donors (Lipinski definition) is 1. The number of rotatable bonds is 2. The molecule has 1 N–H and O–H groups in total. The van der Waals surface area contributed by atoms with Gasteiger partial charge in [0.05, 0.1) is 15.6 Å². The van der Waals surface area contributed by atoms with Gasteiger partial charge in [0, 0.05) is 17.4 Å². The molecular formula is C15H9Cl2N3OS. The van der Waals surface area contributed by atoms with Crippen molar-refractivity contribution in [1.29, 1.82) is 0 Å². The lowest BCUT2D eigenvalue weighted by Gasteiger charge is -1.99. The number of carbonyl (C=O) groups excluding carboxylic acids is 1. The molecule has 0 radical (unpaired) electrons. The van der Waals surface area contributed by atoms with Gasteiger partial charge >= 0.3 is 0 Å². The average Bonchev–Trinajstić information content (AvgIpc) is 2.83. The summed E-state index contributed by atoms with van der Waals surface area (Å²) >= 11 is 13.2. The zero-order chi connectivity index (χ0) is 15.5. The summed E-state index contributed by atoms with van der Waals surface area (Å²) in [4.78, 5) is 20.9. The van der Waals surface area contributed by atoms with Crippen LogP contribution < -0.4 is 5.32 Å². The van der Waals surface area contributed by atoms with E-state index in [1.54, 1.807) is 36.7 Å². The summed E-state index contributed by atoms with van der Waals surface area (Å²) in [5.41, 5.74) is 1.41. The zero-order valence-electron chi connectivity index (χ0n) is 11.1. The van der Waals surface area contributed by atoms with Gasteiger partial charge in [-0.25, -0.2) is 4.99 Å². The number of amidine groups is 1. The molecular weight excluding hydrogens is 341 g/mol. The first-order valence-electron chi connectivity index (χ1n) is 6.26. The van der Waals surface area contributed by atoms with Crippen molar-refractivity contribution in [2.24, 2.45) is 4.99 Å². The summed E-state index contributed by atoms with van der Waals surface area (Å²) in [6.07, 6.45) is 5.13. The Kier molecular flexibility index (Phi) is 4.47. The molecule has 2 aromatic rings. The van der Waals surface area contributed by atoms with Crippen LogP contribution >= 0.6 is 35.0 Å². The first-order valence-corrected chi connectivity index (χ1v) is 7.84. The maximum Gasteiger partial charge on any atom is 0.264 e. The van der Waals surface area contributed by atoms with Crippen molar-refractivity contribution < 1.29 is 4.79 Å². The molecule has 1 aliphatic rings. The number of benzene rings is 1. The van der Waals surface area contributed by atoms with Gasteiger partial charge in [-0.05, 0) is 47.7 Å². The lowest BCUT2D eigenvalue weighted by atomic mass is 10.2. The van der Waals surface area contributed by atoms with Crippen LogP contribution in [0.2, 0.25) is 10.0 Å². The molecule has 22 heavy (non-hydrogen) atoms. The van der Waals surface area contributed by atoms with Gasteiger partial charge in [0.2, 0.25) is 0 Å². The summed E-state index contributed by atoms with van der Waals surface area (Å²) in [6.45, 7) is 0. The minimum absolute atomic E-state index is 0.197. The number of aromatic nitrogens is 1. The average molecular weight is 350 g/mol. The SMILES string of the molecule is O=C1NC(=Nc2ccc(Cl)cc2Cl)S/C1=C\c1cccnc1. The Bertz CT molecular complexity index is 791. The molecule has 0 spiro atoms. The van der Waals surface area contributed by atoms with Crippen LogP contribution in [0.25, 0.3) is 6.08 Å². The van der Waals surface area contributed by atoms with Crippen LogP contribution in [0.3, 0.4) is 0 Å². The second-order valence-electron chi connectivity index (χ2n) is 4.36. The molecule has 1 aromatic carbocycles. The number of aliphatic imine (C=N–C) groups is 1. The molecule has 0 atom stereocenters. The second kappa shape index (κ2) is 6.52. The van der Waals surface area contributed by atoms with Crippen LogP contribution in [0.5, 0.6) is 0 Å². The molecule has 0 saturated carbocycles. The van der Waals surface area contributed by atoms with E-state index < -0.39 is 0 Å². The van der Waals surface area contributed by atoms with Crippen LogP contribution in [0, 0.1) is 0 Å². The highest BCUT2D eigenvalue weighted by Crippen LogP contribution is 2.32. The van der Waals surface area contributed by atoms with E-state index in [-0.39, 0.29) is 5.91 Å². The quantitative estimate of drug-likeness (QED) is 0.823. The first kappa shape index (κ1) is 15.1. The van der Waals surface area contributed by atoms with Crippen molar-refractivity contribution in [2.45, 2.75) is 0 Å². The van der Waals surface area contributed by atoms with Crippen molar-refractivity contribution in [3.05, 3.63) is 63.2 Å². The summed E-state index contributed by atoms with van der Waals surface area (Å²) in [5, 5.41) is 4.15. The van der Waals surface area contributed by atoms with Crippen molar-refractivity contribution in [2.75, 3.05) is 0 Å². The molecule has 3 rings (SSSR count). The number of nitrogens with zero attached hydrogens (tertiary/aromatic N) is 2. The smallest absolute Gasteiger partial charge is 0.264 e. The monoisotopic (exact) mass is 349 g/mol. The summed E-state index contributed by atoms with van der Waals surface area (Å²) < 4.78 is 0. The highest BCUT2D eigenvalue weighted by molar-refractivity contribution is 8.18. The number of thioether (sulfide) groups is 1. The molecule has 110 valence electrons. The fourth-order valence-corrected chi connectivity index (χ4v) is 3.06. The summed E-state index contributed by atoms with van der Waals surface area (Å²) in [5.74, 6) is -0.197. The maximum absolute atomic E-state index is 12.0. The van der Waals surface area contributed by atoms with Crippen LogP contribution in [-0.2, 0) is 4.79 Å². The van der Waals surface area contributed by atoms with Gasteiger partial charge in [0.1, 0.15) is 0 Å². The number of halogens is 2. The maximum atomic E-state index is 12.0. The van der Waals surface area contributed by atoms with E-state index in [1.807, 2.05) is 12.1 Å². The van der Waals surface area contributed by atoms with Gasteiger partial charge in [-0.2, -0.15) is 0 Å². The molecule has 4 nitrogen and oxygen atoms in total. The fraction of sp³-hybridized carbons (Fsp3) is 0. The Labute approximate surface area is 141 Å². The molecule has 1 amide bonds. The third kappa shape index (κ3) is 3.50. The molecule has 1 aromatic heterocycles. The third-order valence-electron chi connectivity index (χ3n) is 2.76. The van der Waals surface area contributed by atoms with E-state index in [0.717, 1.165) is 5.56 Å². The molecule has 7 heteroatoms. The predicted octanol–water partition coefficient (Wildman–Crippen LogP) is 4.28. The Morgan fingerprint density at radius 1 is 1.27 bits per heavy atom. The number of pyridine rings is 1. The van der Waals surface area contributed by atoms with Crippen LogP contribution in [-0.4, -0.2) is 16.1 Å². The van der Waals surface area contributed by atoms with Gasteiger partial charge in [0.15, 0.2) is 5.17 Å². The lowest BCUT2D eigenvalue weighted by molar-refractivity contribution is -0.115. The van der Waals surface area contributed by atoms with Gasteiger partial charge in [-0.1, -0.05) is 29.3 Å². The van der Waals surface area contributed by atoms with Gasteiger partial charge in [-0.15, -0.1) is 0 Å². The van der Waals surface area contributed by atoms with Crippen molar-refractivity contribution >= 4 is 57.8 Å². The number of carbonyl (C=O) groups is 1. The van der Waals surface area contributed by atoms with Crippen LogP contribution in [0.15, 0.2) is 52.6 Å². The molecule has 1 saturated heterocycles. The predicted molar refractivity (Wildman–Crippen MR) is 91.5 cm³/mol. The fourth-order valence-electron chi connectivity index (χ4n) is 1.77. The normalized spacial score (nSPS) is 18.0. The van der Waals surface area contributed by atoms with E-state index in [9.17, 15) is 4.79 Å². The number of hydrogen-bond acceptors (Lipinski definition) is 4. The zero-order valence-corrected chi connectivity index (χ0v) is 13.4. The van der Waals surface area contributed by atoms with Crippen molar-refractivity contribution in [3.8, 4) is 0 Å². The van der Waals surface area contributed by atoms with E-state index >= 15 is 0 Å². The molecule has 0 aliphatic carbocycles. The third-order valence-corrected chi connectivity index (χ3v) is 4.21. The van der Waals surface area contributed by atoms with Crippen LogP contribution in [0.4, 0.5) is 5.69 Å². The highest BCUT2D eigenvalue weighted by atomic mass is 35.5. The molecule has 0 bridgehead atoms. The first-order chi connectivity index (χ1) is 10.6. The van der Waals surface area contributed by atoms with E-state index in [2.05, 4.69) is 15.3 Å². The van der Waals surface area contributed by atoms with Crippen LogP contribution in [0.1, 0.15) is 5.56 Å². The van der Waals surface area contributed by atoms with E-state index in [0.29, 0.717) is 25.8 Å². The Balaban J connectivity index is 1.85.